The quantitative estimate of drug-likeness (QED) is 0.221. The number of aryl methyl sites for hydroxylation is 1. The van der Waals surface area contributed by atoms with Crippen molar-refractivity contribution in [3.8, 4) is 0 Å². The SMILES string of the molecule is Cc1ccc(S(=O)(=O)OCCCc2c(C)c(=O)[nH]c(=O)n2[C@H]2C[C@H](OC(=O)OC(C)(C)C)[C@@H](COC(=O)OC(C)(C)C)O2)cc1. The maximum absolute atomic E-state index is 13.1. The van der Waals surface area contributed by atoms with Gasteiger partial charge in [0.1, 0.15) is 36.2 Å². The lowest BCUT2D eigenvalue weighted by Crippen LogP contribution is -2.37. The van der Waals surface area contributed by atoms with Crippen molar-refractivity contribution < 1.29 is 45.9 Å². The monoisotopic (exact) mass is 654 g/mol. The zero-order valence-electron chi connectivity index (χ0n) is 26.8. The highest BCUT2D eigenvalue weighted by Gasteiger charge is 2.42. The zero-order chi connectivity index (χ0) is 33.7. The Kier molecular flexibility index (Phi) is 11.3. The number of hydrogen-bond donors (Lipinski definition) is 1. The largest absolute Gasteiger partial charge is 0.509 e. The maximum Gasteiger partial charge on any atom is 0.509 e. The van der Waals surface area contributed by atoms with Crippen LogP contribution < -0.4 is 11.2 Å². The van der Waals surface area contributed by atoms with Gasteiger partial charge in [-0.2, -0.15) is 8.42 Å². The number of carbonyl (C=O) groups is 2. The summed E-state index contributed by atoms with van der Waals surface area (Å²) < 4.78 is 58.8. The standard InChI is InChI=1S/C30H42N2O12S/c1-18-11-13-20(14-12-18)45(37,38)40-15-9-10-21-19(2)25(33)31-26(34)32(21)24-16-22(42-28(36)44-30(6,7)8)23(41-24)17-39-27(35)43-29(3,4)5/h11-14,22-24H,9-10,15-17H2,1-8H3,(H,31,33,34)/t22-,23+,24+/m0/s1. The first-order valence-corrected chi connectivity index (χ1v) is 15.9. The van der Waals surface area contributed by atoms with Crippen LogP contribution in [0.15, 0.2) is 38.8 Å². The van der Waals surface area contributed by atoms with E-state index in [1.54, 1.807) is 53.7 Å². The average Bonchev–Trinajstić information content (AvgIpc) is 3.27. The first kappa shape index (κ1) is 35.8. The summed E-state index contributed by atoms with van der Waals surface area (Å²) in [6.45, 7) is 12.7. The van der Waals surface area contributed by atoms with Crippen molar-refractivity contribution in [2.24, 2.45) is 0 Å². The molecule has 0 bridgehead atoms. The van der Waals surface area contributed by atoms with Crippen molar-refractivity contribution in [3.05, 3.63) is 61.9 Å². The summed E-state index contributed by atoms with van der Waals surface area (Å²) in [5.74, 6) is 0. The van der Waals surface area contributed by atoms with Gasteiger partial charge < -0.3 is 23.7 Å². The predicted molar refractivity (Wildman–Crippen MR) is 161 cm³/mol. The Labute approximate surface area is 262 Å². The molecule has 3 rings (SSSR count). The lowest BCUT2D eigenvalue weighted by Gasteiger charge is -2.23. The smallest absolute Gasteiger partial charge is 0.431 e. The molecule has 0 saturated carbocycles. The minimum atomic E-state index is -4.02. The molecule has 14 nitrogen and oxygen atoms in total. The van der Waals surface area contributed by atoms with Crippen molar-refractivity contribution in [2.45, 2.75) is 109 Å². The summed E-state index contributed by atoms with van der Waals surface area (Å²) in [6.07, 6.45) is -4.90. The van der Waals surface area contributed by atoms with Gasteiger partial charge in [0, 0.05) is 17.7 Å². The third-order valence-electron chi connectivity index (χ3n) is 6.47. The maximum atomic E-state index is 13.1. The van der Waals surface area contributed by atoms with E-state index in [-0.39, 0.29) is 48.6 Å². The summed E-state index contributed by atoms with van der Waals surface area (Å²) in [7, 11) is -4.02. The van der Waals surface area contributed by atoms with Crippen LogP contribution in [0.3, 0.4) is 0 Å². The lowest BCUT2D eigenvalue weighted by atomic mass is 10.1. The van der Waals surface area contributed by atoms with E-state index in [1.165, 1.54) is 23.6 Å². The highest BCUT2D eigenvalue weighted by atomic mass is 32.2. The van der Waals surface area contributed by atoms with Gasteiger partial charge in [-0.05, 0) is 80.4 Å². The van der Waals surface area contributed by atoms with Crippen molar-refractivity contribution in [1.82, 2.24) is 9.55 Å². The Bertz CT molecular complexity index is 1580. The number of hydrogen-bond acceptors (Lipinski definition) is 12. The molecule has 0 unspecified atom stereocenters. The molecule has 0 amide bonds. The van der Waals surface area contributed by atoms with Crippen LogP contribution in [0.5, 0.6) is 0 Å². The number of benzene rings is 1. The molecule has 1 aromatic heterocycles. The van der Waals surface area contributed by atoms with Crippen LogP contribution in [0.1, 0.15) is 77.4 Å². The first-order valence-electron chi connectivity index (χ1n) is 14.5. The van der Waals surface area contributed by atoms with Gasteiger partial charge in [-0.25, -0.2) is 14.4 Å². The van der Waals surface area contributed by atoms with Gasteiger partial charge >= 0.3 is 18.0 Å². The molecular formula is C30H42N2O12S. The van der Waals surface area contributed by atoms with Crippen molar-refractivity contribution >= 4 is 22.4 Å². The van der Waals surface area contributed by atoms with E-state index >= 15 is 0 Å². The number of ether oxygens (including phenoxy) is 5. The molecular weight excluding hydrogens is 612 g/mol. The number of rotatable bonds is 10. The van der Waals surface area contributed by atoms with Crippen molar-refractivity contribution in [2.75, 3.05) is 13.2 Å². The van der Waals surface area contributed by atoms with Crippen LogP contribution in [0.25, 0.3) is 0 Å². The summed E-state index contributed by atoms with van der Waals surface area (Å²) in [4.78, 5) is 52.6. The average molecular weight is 655 g/mol. The molecule has 0 spiro atoms. The van der Waals surface area contributed by atoms with Gasteiger partial charge in [0.2, 0.25) is 0 Å². The lowest BCUT2D eigenvalue weighted by molar-refractivity contribution is -0.0826. The molecule has 2 heterocycles. The van der Waals surface area contributed by atoms with Gasteiger partial charge in [-0.15, -0.1) is 0 Å². The number of nitrogens with zero attached hydrogens (tertiary/aromatic N) is 1. The Morgan fingerprint density at radius 1 is 0.978 bits per heavy atom. The number of aromatic nitrogens is 2. The highest BCUT2D eigenvalue weighted by molar-refractivity contribution is 7.86. The van der Waals surface area contributed by atoms with Crippen LogP contribution in [0, 0.1) is 13.8 Å². The Morgan fingerprint density at radius 2 is 1.58 bits per heavy atom. The van der Waals surface area contributed by atoms with Gasteiger partial charge in [-0.1, -0.05) is 17.7 Å². The summed E-state index contributed by atoms with van der Waals surface area (Å²) in [5, 5.41) is 0. The van der Waals surface area contributed by atoms with Gasteiger partial charge in [0.15, 0.2) is 0 Å². The molecule has 45 heavy (non-hydrogen) atoms. The van der Waals surface area contributed by atoms with E-state index in [2.05, 4.69) is 4.98 Å². The third-order valence-corrected chi connectivity index (χ3v) is 7.80. The van der Waals surface area contributed by atoms with E-state index in [0.29, 0.717) is 0 Å². The molecule has 3 atom stereocenters. The molecule has 15 heteroatoms. The molecule has 0 aliphatic carbocycles. The van der Waals surface area contributed by atoms with Crippen molar-refractivity contribution in [1.29, 1.82) is 0 Å². The topological polar surface area (TPSA) is 179 Å². The molecule has 1 aromatic carbocycles. The fourth-order valence-electron chi connectivity index (χ4n) is 4.44. The van der Waals surface area contributed by atoms with E-state index in [1.807, 2.05) is 6.92 Å². The molecule has 1 aliphatic rings. The second kappa shape index (κ2) is 14.2. The summed E-state index contributed by atoms with van der Waals surface area (Å²) >= 11 is 0. The normalized spacial score (nSPS) is 18.8. The Morgan fingerprint density at radius 3 is 2.18 bits per heavy atom. The molecule has 1 aliphatic heterocycles. The summed E-state index contributed by atoms with van der Waals surface area (Å²) in [5.41, 5.74) is -1.71. The number of H-pyrrole nitrogens is 1. The van der Waals surface area contributed by atoms with E-state index in [4.69, 9.17) is 27.9 Å². The predicted octanol–water partition coefficient (Wildman–Crippen LogP) is 4.05. The Balaban J connectivity index is 1.81. The third kappa shape index (κ3) is 10.4. The second-order valence-electron chi connectivity index (χ2n) is 12.7. The van der Waals surface area contributed by atoms with Crippen LogP contribution in [-0.4, -0.2) is 66.9 Å². The first-order chi connectivity index (χ1) is 20.8. The minimum absolute atomic E-state index is 0.00683. The zero-order valence-corrected chi connectivity index (χ0v) is 27.6. The summed E-state index contributed by atoms with van der Waals surface area (Å²) in [6, 6.07) is 6.20. The fraction of sp³-hybridized carbons (Fsp3) is 0.600. The highest BCUT2D eigenvalue weighted by Crippen LogP contribution is 2.32. The second-order valence-corrected chi connectivity index (χ2v) is 14.3. The van der Waals surface area contributed by atoms with Crippen molar-refractivity contribution in [3.63, 3.8) is 0 Å². The van der Waals surface area contributed by atoms with Gasteiger partial charge in [0.05, 0.1) is 11.5 Å². The number of aromatic amines is 1. The molecule has 1 saturated heterocycles. The van der Waals surface area contributed by atoms with Crippen LogP contribution in [0.2, 0.25) is 0 Å². The van der Waals surface area contributed by atoms with Crippen LogP contribution >= 0.6 is 0 Å². The minimum Gasteiger partial charge on any atom is -0.431 e. The van der Waals surface area contributed by atoms with Gasteiger partial charge in [-0.3, -0.25) is 18.5 Å². The van der Waals surface area contributed by atoms with E-state index in [9.17, 15) is 27.6 Å². The molecule has 2 aromatic rings. The molecule has 1 fully saturated rings. The number of carbonyl (C=O) groups excluding carboxylic acids is 2. The van der Waals surface area contributed by atoms with E-state index in [0.717, 1.165) is 5.56 Å². The molecule has 1 N–H and O–H groups in total. The van der Waals surface area contributed by atoms with Crippen LogP contribution in [-0.2, 0) is 44.4 Å². The fourth-order valence-corrected chi connectivity index (χ4v) is 5.38. The van der Waals surface area contributed by atoms with Crippen LogP contribution in [0.4, 0.5) is 9.59 Å². The van der Waals surface area contributed by atoms with E-state index < -0.39 is 63.3 Å². The Hall–Kier alpha value is -3.69. The number of nitrogens with one attached hydrogen (secondary N) is 1. The molecule has 250 valence electrons. The van der Waals surface area contributed by atoms with Gasteiger partial charge in [0.25, 0.3) is 15.7 Å². The molecule has 0 radical (unpaired) electrons.